The summed E-state index contributed by atoms with van der Waals surface area (Å²) in [5, 5.41) is 11.8. The van der Waals surface area contributed by atoms with Gasteiger partial charge < -0.3 is 0 Å². The molecule has 0 aliphatic rings. The van der Waals surface area contributed by atoms with Crippen molar-refractivity contribution >= 4 is 28.9 Å². The van der Waals surface area contributed by atoms with Crippen LogP contribution in [0.5, 0.6) is 0 Å². The van der Waals surface area contributed by atoms with Crippen molar-refractivity contribution in [2.75, 3.05) is 0 Å². The van der Waals surface area contributed by atoms with E-state index in [2.05, 4.69) is 4.57 Å². The predicted octanol–water partition coefficient (Wildman–Crippen LogP) is 4.83. The highest BCUT2D eigenvalue weighted by Gasteiger charge is 2.07. The molecule has 1 heterocycles. The Hall–Kier alpha value is -2.43. The molecule has 1 aromatic heterocycles. The predicted molar refractivity (Wildman–Crippen MR) is 98.1 cm³/mol. The van der Waals surface area contributed by atoms with Crippen LogP contribution in [0.4, 0.5) is 5.69 Å². The van der Waals surface area contributed by atoms with Crippen LogP contribution in [-0.2, 0) is 13.0 Å². The minimum Gasteiger partial charge on any atom is -0.258 e. The van der Waals surface area contributed by atoms with E-state index in [-0.39, 0.29) is 5.69 Å². The second-order valence-electron chi connectivity index (χ2n) is 5.73. The van der Waals surface area contributed by atoms with Crippen molar-refractivity contribution in [3.05, 3.63) is 104 Å². The van der Waals surface area contributed by atoms with Crippen molar-refractivity contribution in [3.8, 4) is 0 Å². The Morgan fingerprint density at radius 2 is 1.44 bits per heavy atom. The lowest BCUT2D eigenvalue weighted by molar-refractivity contribution is -0.688. The number of rotatable bonds is 5. The molecule has 0 saturated carbocycles. The maximum Gasteiger partial charge on any atom is 0.269 e. The molecule has 4 nitrogen and oxygen atoms in total. The van der Waals surface area contributed by atoms with E-state index in [1.54, 1.807) is 18.2 Å². The number of non-ortho nitro benzene ring substituents is 1. The minimum absolute atomic E-state index is 0.108. The van der Waals surface area contributed by atoms with Gasteiger partial charge in [0.2, 0.25) is 0 Å². The van der Waals surface area contributed by atoms with Crippen molar-refractivity contribution < 1.29 is 9.49 Å². The molecule has 3 rings (SSSR count). The number of aromatic nitrogens is 1. The number of halogens is 2. The summed E-state index contributed by atoms with van der Waals surface area (Å²) in [6.45, 7) is 0.703. The van der Waals surface area contributed by atoms with Gasteiger partial charge in [0.25, 0.3) is 5.69 Å². The Morgan fingerprint density at radius 1 is 0.840 bits per heavy atom. The van der Waals surface area contributed by atoms with Crippen molar-refractivity contribution in [1.29, 1.82) is 0 Å². The third-order valence-electron chi connectivity index (χ3n) is 3.86. The van der Waals surface area contributed by atoms with E-state index in [9.17, 15) is 10.1 Å². The molecular formula is C19H15Cl2N2O2+. The lowest BCUT2D eigenvalue weighted by atomic mass is 10.1. The molecule has 0 bridgehead atoms. The van der Waals surface area contributed by atoms with Gasteiger partial charge in [-0.3, -0.25) is 10.1 Å². The van der Waals surface area contributed by atoms with Crippen LogP contribution in [-0.4, -0.2) is 4.92 Å². The van der Waals surface area contributed by atoms with Gasteiger partial charge >= 0.3 is 0 Å². The fourth-order valence-electron chi connectivity index (χ4n) is 2.53. The molecule has 0 aliphatic heterocycles. The van der Waals surface area contributed by atoms with E-state index < -0.39 is 4.92 Å². The van der Waals surface area contributed by atoms with E-state index in [1.165, 1.54) is 12.1 Å². The van der Waals surface area contributed by atoms with Crippen LogP contribution in [0.1, 0.15) is 16.7 Å². The summed E-state index contributed by atoms with van der Waals surface area (Å²) in [7, 11) is 0. The average molecular weight is 374 g/mol. The Bertz CT molecular complexity index is 894. The molecule has 0 radical (unpaired) electrons. The molecule has 0 amide bonds. The van der Waals surface area contributed by atoms with Crippen LogP contribution in [0.15, 0.2) is 67.0 Å². The van der Waals surface area contributed by atoms with Gasteiger partial charge in [-0.15, -0.1) is 0 Å². The summed E-state index contributed by atoms with van der Waals surface area (Å²) in [4.78, 5) is 10.3. The second kappa shape index (κ2) is 7.64. The normalized spacial score (nSPS) is 10.6. The lowest BCUT2D eigenvalue weighted by Crippen LogP contribution is -2.33. The van der Waals surface area contributed by atoms with Gasteiger partial charge in [-0.25, -0.2) is 4.57 Å². The first-order valence-corrected chi connectivity index (χ1v) is 8.42. The molecule has 0 spiro atoms. The number of hydrogen-bond donors (Lipinski definition) is 0. The van der Waals surface area contributed by atoms with Gasteiger partial charge in [0.05, 0.1) is 15.0 Å². The summed E-state index contributed by atoms with van der Waals surface area (Å²) in [6.07, 6.45) is 4.73. The molecule has 126 valence electrons. The van der Waals surface area contributed by atoms with Crippen molar-refractivity contribution in [1.82, 2.24) is 0 Å². The molecule has 3 aromatic rings. The van der Waals surface area contributed by atoms with Gasteiger partial charge in [-0.1, -0.05) is 41.4 Å². The maximum atomic E-state index is 10.7. The number of nitro groups is 1. The van der Waals surface area contributed by atoms with E-state index in [0.29, 0.717) is 16.6 Å². The van der Waals surface area contributed by atoms with Crippen LogP contribution < -0.4 is 4.57 Å². The molecule has 0 saturated heterocycles. The van der Waals surface area contributed by atoms with E-state index in [4.69, 9.17) is 23.2 Å². The second-order valence-corrected chi connectivity index (χ2v) is 6.54. The Kier molecular flexibility index (Phi) is 5.31. The standard InChI is InChI=1S/C19H15Cl2N2O2/c20-18-6-3-16(12-19(18)21)13-22-9-7-15(8-10-22)11-14-1-4-17(5-2-14)23(24)25/h1-10,12H,11,13H2/q+1. The van der Waals surface area contributed by atoms with Gasteiger partial charge in [0.15, 0.2) is 18.9 Å². The summed E-state index contributed by atoms with van der Waals surface area (Å²) >= 11 is 12.0. The highest BCUT2D eigenvalue weighted by atomic mass is 35.5. The Labute approximate surface area is 155 Å². The molecule has 25 heavy (non-hydrogen) atoms. The number of benzene rings is 2. The first-order chi connectivity index (χ1) is 12.0. The Morgan fingerprint density at radius 3 is 2.04 bits per heavy atom. The topological polar surface area (TPSA) is 47.0 Å². The molecule has 0 fully saturated rings. The largest absolute Gasteiger partial charge is 0.269 e. The SMILES string of the molecule is O=[N+]([O-])c1ccc(Cc2cc[n+](Cc3ccc(Cl)c(Cl)c3)cc2)cc1. The molecule has 0 aliphatic carbocycles. The molecule has 0 N–H and O–H groups in total. The smallest absolute Gasteiger partial charge is 0.258 e. The lowest BCUT2D eigenvalue weighted by Gasteiger charge is -2.03. The molecule has 2 aromatic carbocycles. The molecular weight excluding hydrogens is 359 g/mol. The van der Waals surface area contributed by atoms with Crippen LogP contribution >= 0.6 is 23.2 Å². The van der Waals surface area contributed by atoms with Gasteiger partial charge in [-0.2, -0.15) is 0 Å². The van der Waals surface area contributed by atoms with Gasteiger partial charge in [-0.05, 0) is 29.7 Å². The third kappa shape index (κ3) is 4.56. The number of pyridine rings is 1. The average Bonchev–Trinajstić information content (AvgIpc) is 2.60. The van der Waals surface area contributed by atoms with Crippen LogP contribution in [0.3, 0.4) is 0 Å². The number of hydrogen-bond acceptors (Lipinski definition) is 2. The first-order valence-electron chi connectivity index (χ1n) is 7.66. The van der Waals surface area contributed by atoms with Crippen LogP contribution in [0, 0.1) is 10.1 Å². The fourth-order valence-corrected chi connectivity index (χ4v) is 2.85. The third-order valence-corrected chi connectivity index (χ3v) is 4.60. The van der Waals surface area contributed by atoms with E-state index in [0.717, 1.165) is 23.1 Å². The van der Waals surface area contributed by atoms with Gasteiger partial charge in [0.1, 0.15) is 0 Å². The van der Waals surface area contributed by atoms with E-state index in [1.807, 2.05) is 36.7 Å². The van der Waals surface area contributed by atoms with Crippen molar-refractivity contribution in [3.63, 3.8) is 0 Å². The highest BCUT2D eigenvalue weighted by Crippen LogP contribution is 2.22. The van der Waals surface area contributed by atoms with E-state index >= 15 is 0 Å². The molecule has 0 atom stereocenters. The number of nitrogens with zero attached hydrogens (tertiary/aromatic N) is 2. The molecule has 0 unspecified atom stereocenters. The quantitative estimate of drug-likeness (QED) is 0.365. The maximum absolute atomic E-state index is 10.7. The van der Waals surface area contributed by atoms with Gasteiger partial charge in [0, 0.05) is 29.8 Å². The monoisotopic (exact) mass is 373 g/mol. The fraction of sp³-hybridized carbons (Fsp3) is 0.105. The summed E-state index contributed by atoms with van der Waals surface area (Å²) in [5.74, 6) is 0. The summed E-state index contributed by atoms with van der Waals surface area (Å²) in [6, 6.07) is 16.3. The highest BCUT2D eigenvalue weighted by molar-refractivity contribution is 6.42. The van der Waals surface area contributed by atoms with Crippen LogP contribution in [0.2, 0.25) is 10.0 Å². The van der Waals surface area contributed by atoms with Crippen molar-refractivity contribution in [2.24, 2.45) is 0 Å². The summed E-state index contributed by atoms with van der Waals surface area (Å²) in [5.41, 5.74) is 3.35. The molecule has 6 heteroatoms. The zero-order chi connectivity index (χ0) is 17.8. The minimum atomic E-state index is -0.391. The number of nitro benzene ring substituents is 1. The first kappa shape index (κ1) is 17.4. The van der Waals surface area contributed by atoms with Crippen molar-refractivity contribution in [2.45, 2.75) is 13.0 Å². The zero-order valence-electron chi connectivity index (χ0n) is 13.2. The Balaban J connectivity index is 1.67. The van der Waals surface area contributed by atoms with Crippen LogP contribution in [0.25, 0.3) is 0 Å². The zero-order valence-corrected chi connectivity index (χ0v) is 14.7. The summed E-state index contributed by atoms with van der Waals surface area (Å²) < 4.78 is 2.05.